The fraction of sp³-hybridized carbons (Fsp3) is 0.455. The van der Waals surface area contributed by atoms with Crippen LogP contribution in [0.1, 0.15) is 12.8 Å². The molecule has 1 aromatic rings. The van der Waals surface area contributed by atoms with Crippen LogP contribution in [0.2, 0.25) is 10.0 Å². The minimum absolute atomic E-state index is 0.0601. The predicted molar refractivity (Wildman–Crippen MR) is 70.5 cm³/mol. The van der Waals surface area contributed by atoms with Gasteiger partial charge in [-0.05, 0) is 31.0 Å². The van der Waals surface area contributed by atoms with Crippen LogP contribution in [0.15, 0.2) is 23.1 Å². The van der Waals surface area contributed by atoms with Gasteiger partial charge < -0.3 is 5.11 Å². The summed E-state index contributed by atoms with van der Waals surface area (Å²) in [5, 5.41) is 9.90. The first-order chi connectivity index (χ1) is 8.41. The third-order valence-electron chi connectivity index (χ3n) is 2.94. The molecule has 1 aliphatic heterocycles. The van der Waals surface area contributed by atoms with Crippen molar-refractivity contribution in [3.05, 3.63) is 28.2 Å². The number of piperidine rings is 1. The van der Waals surface area contributed by atoms with Gasteiger partial charge in [-0.25, -0.2) is 8.42 Å². The number of hydrogen-bond donors (Lipinski definition) is 1. The number of halogens is 2. The lowest BCUT2D eigenvalue weighted by molar-refractivity contribution is 0.113. The van der Waals surface area contributed by atoms with Gasteiger partial charge in [-0.15, -0.1) is 0 Å². The van der Waals surface area contributed by atoms with Crippen molar-refractivity contribution in [3.63, 3.8) is 0 Å². The lowest BCUT2D eigenvalue weighted by Gasteiger charge is -2.29. The number of benzene rings is 1. The third-order valence-corrected chi connectivity index (χ3v) is 5.55. The molecule has 2 rings (SSSR count). The van der Waals surface area contributed by atoms with E-state index in [1.165, 1.54) is 22.5 Å². The minimum Gasteiger partial charge on any atom is -0.393 e. The Morgan fingerprint density at radius 3 is 2.39 bits per heavy atom. The van der Waals surface area contributed by atoms with Crippen LogP contribution in [0.3, 0.4) is 0 Å². The molecular weight excluding hydrogens is 297 g/mol. The fourth-order valence-electron chi connectivity index (χ4n) is 1.91. The van der Waals surface area contributed by atoms with Crippen LogP contribution in [-0.4, -0.2) is 37.0 Å². The summed E-state index contributed by atoms with van der Waals surface area (Å²) in [5.41, 5.74) is 0. The van der Waals surface area contributed by atoms with Crippen molar-refractivity contribution in [2.24, 2.45) is 0 Å². The Balaban J connectivity index is 2.30. The molecular formula is C11H13Cl2NO3S. The Labute approximate surface area is 116 Å². The zero-order chi connectivity index (χ0) is 13.3. The van der Waals surface area contributed by atoms with E-state index in [2.05, 4.69) is 0 Å². The lowest BCUT2D eigenvalue weighted by Crippen LogP contribution is -2.40. The molecule has 1 N–H and O–H groups in total. The van der Waals surface area contributed by atoms with Gasteiger partial charge in [0, 0.05) is 18.1 Å². The average molecular weight is 310 g/mol. The highest BCUT2D eigenvalue weighted by molar-refractivity contribution is 7.89. The van der Waals surface area contributed by atoms with E-state index in [1.807, 2.05) is 0 Å². The number of aliphatic hydroxyl groups is 1. The Kier molecular flexibility index (Phi) is 4.18. The molecule has 4 nitrogen and oxygen atoms in total. The van der Waals surface area contributed by atoms with Crippen molar-refractivity contribution < 1.29 is 13.5 Å². The molecule has 1 saturated heterocycles. The second-order valence-electron chi connectivity index (χ2n) is 4.21. The predicted octanol–water partition coefficient (Wildman–Crippen LogP) is 2.14. The summed E-state index contributed by atoms with van der Waals surface area (Å²) >= 11 is 11.7. The standard InChI is InChI=1S/C11H13Cl2NO3S/c12-8-1-2-11(10(13)7-8)18(16,17)14-5-3-9(15)4-6-14/h1-2,7,9,15H,3-6H2. The van der Waals surface area contributed by atoms with Crippen molar-refractivity contribution in [1.29, 1.82) is 0 Å². The Bertz CT molecular complexity index is 539. The summed E-state index contributed by atoms with van der Waals surface area (Å²) in [7, 11) is -3.60. The number of sulfonamides is 1. The summed E-state index contributed by atoms with van der Waals surface area (Å²) in [4.78, 5) is 0.0601. The number of aliphatic hydroxyl groups excluding tert-OH is 1. The van der Waals surface area contributed by atoms with Gasteiger partial charge in [0.2, 0.25) is 10.0 Å². The van der Waals surface area contributed by atoms with Gasteiger partial charge in [0.05, 0.1) is 11.1 Å². The monoisotopic (exact) mass is 309 g/mol. The van der Waals surface area contributed by atoms with E-state index in [0.29, 0.717) is 31.0 Å². The summed E-state index contributed by atoms with van der Waals surface area (Å²) in [6.45, 7) is 0.616. The number of nitrogens with zero attached hydrogens (tertiary/aromatic N) is 1. The smallest absolute Gasteiger partial charge is 0.244 e. The largest absolute Gasteiger partial charge is 0.393 e. The third kappa shape index (κ3) is 2.81. The van der Waals surface area contributed by atoms with Crippen LogP contribution in [0.5, 0.6) is 0 Å². The van der Waals surface area contributed by atoms with Gasteiger partial charge in [-0.3, -0.25) is 0 Å². The first kappa shape index (κ1) is 14.1. The van der Waals surface area contributed by atoms with E-state index >= 15 is 0 Å². The zero-order valence-electron chi connectivity index (χ0n) is 9.51. The maximum absolute atomic E-state index is 12.3. The first-order valence-electron chi connectivity index (χ1n) is 5.54. The van der Waals surface area contributed by atoms with Crippen LogP contribution in [-0.2, 0) is 10.0 Å². The summed E-state index contributed by atoms with van der Waals surface area (Å²) in [6, 6.07) is 4.32. The van der Waals surface area contributed by atoms with Gasteiger partial charge in [0.25, 0.3) is 0 Å². The molecule has 18 heavy (non-hydrogen) atoms. The Morgan fingerprint density at radius 2 is 1.83 bits per heavy atom. The van der Waals surface area contributed by atoms with Gasteiger partial charge >= 0.3 is 0 Å². The SMILES string of the molecule is O=S(=O)(c1ccc(Cl)cc1Cl)N1CCC(O)CC1. The molecule has 1 heterocycles. The topological polar surface area (TPSA) is 57.6 Å². The number of rotatable bonds is 2. The fourth-order valence-corrected chi connectivity index (χ4v) is 4.12. The van der Waals surface area contributed by atoms with E-state index in [-0.39, 0.29) is 9.92 Å². The van der Waals surface area contributed by atoms with Gasteiger partial charge in [-0.1, -0.05) is 23.2 Å². The molecule has 0 atom stereocenters. The molecule has 1 aliphatic rings. The van der Waals surface area contributed by atoms with Gasteiger partial charge in [0.15, 0.2) is 0 Å². The molecule has 0 aliphatic carbocycles. The van der Waals surface area contributed by atoms with Crippen molar-refractivity contribution >= 4 is 33.2 Å². The molecule has 0 aromatic heterocycles. The van der Waals surface area contributed by atoms with Crippen molar-refractivity contribution in [1.82, 2.24) is 4.31 Å². The maximum atomic E-state index is 12.3. The van der Waals surface area contributed by atoms with Crippen molar-refractivity contribution in [2.45, 2.75) is 23.8 Å². The zero-order valence-corrected chi connectivity index (χ0v) is 11.8. The summed E-state index contributed by atoms with van der Waals surface area (Å²) in [5.74, 6) is 0. The second kappa shape index (κ2) is 5.35. The van der Waals surface area contributed by atoms with E-state index in [0.717, 1.165) is 0 Å². The Morgan fingerprint density at radius 1 is 1.22 bits per heavy atom. The average Bonchev–Trinajstić information content (AvgIpc) is 2.29. The van der Waals surface area contributed by atoms with E-state index in [1.54, 1.807) is 0 Å². The molecule has 0 unspecified atom stereocenters. The van der Waals surface area contributed by atoms with E-state index in [9.17, 15) is 13.5 Å². The molecule has 0 saturated carbocycles. The van der Waals surface area contributed by atoms with Crippen LogP contribution in [0.25, 0.3) is 0 Å². The first-order valence-corrected chi connectivity index (χ1v) is 7.74. The molecule has 0 radical (unpaired) electrons. The van der Waals surface area contributed by atoms with Crippen LogP contribution < -0.4 is 0 Å². The Hall–Kier alpha value is -0.330. The van der Waals surface area contributed by atoms with Crippen LogP contribution in [0.4, 0.5) is 0 Å². The lowest BCUT2D eigenvalue weighted by atomic mass is 10.1. The second-order valence-corrected chi connectivity index (χ2v) is 6.96. The molecule has 0 spiro atoms. The summed E-state index contributed by atoms with van der Waals surface area (Å²) in [6.07, 6.45) is 0.478. The maximum Gasteiger partial charge on any atom is 0.244 e. The molecule has 1 aromatic carbocycles. The van der Waals surface area contributed by atoms with Gasteiger partial charge in [-0.2, -0.15) is 4.31 Å². The molecule has 7 heteroatoms. The van der Waals surface area contributed by atoms with Crippen LogP contribution >= 0.6 is 23.2 Å². The van der Waals surface area contributed by atoms with Crippen molar-refractivity contribution in [2.75, 3.05) is 13.1 Å². The number of hydrogen-bond acceptors (Lipinski definition) is 3. The quantitative estimate of drug-likeness (QED) is 0.910. The molecule has 1 fully saturated rings. The van der Waals surface area contributed by atoms with Crippen LogP contribution in [0, 0.1) is 0 Å². The molecule has 0 amide bonds. The molecule has 0 bridgehead atoms. The highest BCUT2D eigenvalue weighted by atomic mass is 35.5. The van der Waals surface area contributed by atoms with E-state index < -0.39 is 16.1 Å². The van der Waals surface area contributed by atoms with Gasteiger partial charge in [0.1, 0.15) is 4.90 Å². The summed E-state index contributed by atoms with van der Waals surface area (Å²) < 4.78 is 26.0. The van der Waals surface area contributed by atoms with E-state index in [4.69, 9.17) is 23.2 Å². The minimum atomic E-state index is -3.60. The normalized spacial score (nSPS) is 19.1. The van der Waals surface area contributed by atoms with Crippen molar-refractivity contribution in [3.8, 4) is 0 Å². The highest BCUT2D eigenvalue weighted by Crippen LogP contribution is 2.28. The highest BCUT2D eigenvalue weighted by Gasteiger charge is 2.30. The molecule has 100 valence electrons.